The Morgan fingerprint density at radius 1 is 1.29 bits per heavy atom. The van der Waals surface area contributed by atoms with Crippen molar-refractivity contribution < 1.29 is 9.53 Å². The first kappa shape index (κ1) is 19.0. The molecule has 2 aliphatic carbocycles. The van der Waals surface area contributed by atoms with E-state index in [9.17, 15) is 4.79 Å². The number of hydrogen-bond donors (Lipinski definition) is 1. The van der Waals surface area contributed by atoms with Gasteiger partial charge < -0.3 is 4.74 Å². The van der Waals surface area contributed by atoms with Gasteiger partial charge in [-0.2, -0.15) is 5.10 Å². The summed E-state index contributed by atoms with van der Waals surface area (Å²) in [6, 6.07) is 15.2. The third-order valence-corrected chi connectivity index (χ3v) is 6.43. The molecule has 146 valence electrons. The Morgan fingerprint density at radius 2 is 2.14 bits per heavy atom. The van der Waals surface area contributed by atoms with Gasteiger partial charge in [-0.1, -0.05) is 55.6 Å². The van der Waals surface area contributed by atoms with Gasteiger partial charge in [0, 0.05) is 16.5 Å². The molecule has 0 radical (unpaired) electrons. The zero-order chi connectivity index (χ0) is 19.6. The van der Waals surface area contributed by atoms with Gasteiger partial charge in [0.05, 0.1) is 6.21 Å². The molecule has 1 N–H and O–H groups in total. The number of para-hydroxylation sites is 1. The molecule has 28 heavy (non-hydrogen) atoms. The van der Waals surface area contributed by atoms with Crippen LogP contribution in [0.3, 0.4) is 0 Å². The molecule has 2 aliphatic rings. The van der Waals surface area contributed by atoms with Crippen molar-refractivity contribution in [2.24, 2.45) is 22.4 Å². The summed E-state index contributed by atoms with van der Waals surface area (Å²) in [5, 5.41) is 4.88. The Balaban J connectivity index is 1.36. The van der Waals surface area contributed by atoms with Crippen LogP contribution in [0.2, 0.25) is 5.02 Å². The van der Waals surface area contributed by atoms with E-state index in [-0.39, 0.29) is 17.2 Å². The smallest absolute Gasteiger partial charge is 0.244 e. The molecule has 5 heteroatoms. The molecule has 2 aromatic carbocycles. The van der Waals surface area contributed by atoms with Crippen LogP contribution in [0.4, 0.5) is 0 Å². The Hall–Kier alpha value is -2.33. The Morgan fingerprint density at radius 3 is 2.93 bits per heavy atom. The lowest BCUT2D eigenvalue weighted by Crippen LogP contribution is -2.22. The topological polar surface area (TPSA) is 50.7 Å². The van der Waals surface area contributed by atoms with Gasteiger partial charge in [-0.15, -0.1) is 0 Å². The Labute approximate surface area is 170 Å². The predicted molar refractivity (Wildman–Crippen MR) is 112 cm³/mol. The third kappa shape index (κ3) is 3.93. The highest BCUT2D eigenvalue weighted by Crippen LogP contribution is 2.66. The van der Waals surface area contributed by atoms with Crippen LogP contribution in [0.5, 0.6) is 5.75 Å². The molecule has 2 saturated carbocycles. The molecule has 3 atom stereocenters. The number of amides is 1. The predicted octanol–water partition coefficient (Wildman–Crippen LogP) is 5.20. The fraction of sp³-hybridized carbons (Fsp3) is 0.391. The third-order valence-electron chi connectivity index (χ3n) is 6.19. The Bertz CT molecular complexity index is 898. The molecule has 1 amide bonds. The summed E-state index contributed by atoms with van der Waals surface area (Å²) in [6.07, 6.45) is 6.44. The van der Waals surface area contributed by atoms with Gasteiger partial charge in [0.1, 0.15) is 12.4 Å². The standard InChI is InChI=1S/C23H25ClN2O2/c1-23-12-5-4-10-19(23)21(23)22(27)26-25-14-17-8-2-3-11-20(17)28-15-16-7-6-9-18(24)13-16/h2-3,6-9,11,13-14,19,21H,4-5,10,12,15H2,1H3,(H,26,27)/b25-14-/t19-,21+,23+/m1/s1. The lowest BCUT2D eigenvalue weighted by molar-refractivity contribution is -0.123. The number of rotatable bonds is 6. The van der Waals surface area contributed by atoms with E-state index in [1.165, 1.54) is 19.3 Å². The normalized spacial score (nSPS) is 25.9. The summed E-state index contributed by atoms with van der Waals surface area (Å²) in [5.41, 5.74) is 4.75. The first-order valence-electron chi connectivity index (χ1n) is 9.87. The number of carbonyl (C=O) groups is 1. The molecule has 0 aliphatic heterocycles. The van der Waals surface area contributed by atoms with Crippen LogP contribution in [-0.4, -0.2) is 12.1 Å². The monoisotopic (exact) mass is 396 g/mol. The maximum absolute atomic E-state index is 12.5. The second-order valence-electron chi connectivity index (χ2n) is 8.03. The van der Waals surface area contributed by atoms with Crippen molar-refractivity contribution in [3.63, 3.8) is 0 Å². The summed E-state index contributed by atoms with van der Waals surface area (Å²) >= 11 is 6.02. The van der Waals surface area contributed by atoms with Crippen LogP contribution >= 0.6 is 11.6 Å². The summed E-state index contributed by atoms with van der Waals surface area (Å²) in [5.74, 6) is 1.40. The van der Waals surface area contributed by atoms with E-state index in [0.29, 0.717) is 23.3 Å². The number of hydrazone groups is 1. The summed E-state index contributed by atoms with van der Waals surface area (Å²) < 4.78 is 5.93. The molecular formula is C23H25ClN2O2. The van der Waals surface area contributed by atoms with Gasteiger partial charge >= 0.3 is 0 Å². The summed E-state index contributed by atoms with van der Waals surface area (Å²) in [7, 11) is 0. The zero-order valence-corrected chi connectivity index (χ0v) is 16.8. The van der Waals surface area contributed by atoms with Crippen molar-refractivity contribution in [2.45, 2.75) is 39.2 Å². The molecular weight excluding hydrogens is 372 g/mol. The van der Waals surface area contributed by atoms with Crippen LogP contribution < -0.4 is 10.2 Å². The molecule has 0 saturated heterocycles. The van der Waals surface area contributed by atoms with Crippen LogP contribution in [0.25, 0.3) is 0 Å². The first-order valence-corrected chi connectivity index (χ1v) is 10.2. The highest BCUT2D eigenvalue weighted by molar-refractivity contribution is 6.30. The largest absolute Gasteiger partial charge is 0.488 e. The minimum atomic E-state index is 0.0444. The number of benzene rings is 2. The van der Waals surface area contributed by atoms with Crippen LogP contribution in [0.15, 0.2) is 53.6 Å². The van der Waals surface area contributed by atoms with Crippen LogP contribution in [0.1, 0.15) is 43.7 Å². The van der Waals surface area contributed by atoms with Gasteiger partial charge in [-0.05, 0) is 54.0 Å². The van der Waals surface area contributed by atoms with Gasteiger partial charge in [0.2, 0.25) is 5.91 Å². The maximum Gasteiger partial charge on any atom is 0.244 e. The fourth-order valence-corrected chi connectivity index (χ4v) is 4.80. The van der Waals surface area contributed by atoms with Crippen LogP contribution in [0, 0.1) is 17.3 Å². The molecule has 2 aromatic rings. The number of ether oxygens (including phenoxy) is 1. The molecule has 2 fully saturated rings. The van der Waals surface area contributed by atoms with Gasteiger partial charge in [0.15, 0.2) is 0 Å². The summed E-state index contributed by atoms with van der Waals surface area (Å²) in [4.78, 5) is 12.5. The average molecular weight is 397 g/mol. The number of hydrogen-bond acceptors (Lipinski definition) is 3. The highest BCUT2D eigenvalue weighted by Gasteiger charge is 2.64. The van der Waals surface area contributed by atoms with Crippen molar-refractivity contribution in [2.75, 3.05) is 0 Å². The number of fused-ring (bicyclic) bond motifs is 1. The van der Waals surface area contributed by atoms with Crippen molar-refractivity contribution in [3.05, 3.63) is 64.7 Å². The molecule has 4 rings (SSSR count). The average Bonchev–Trinajstić information content (AvgIpc) is 3.33. The molecule has 0 spiro atoms. The molecule has 0 unspecified atom stereocenters. The first-order chi connectivity index (χ1) is 13.6. The van der Waals surface area contributed by atoms with E-state index in [4.69, 9.17) is 16.3 Å². The minimum absolute atomic E-state index is 0.0444. The van der Waals surface area contributed by atoms with Gasteiger partial charge in [-0.25, -0.2) is 5.43 Å². The van der Waals surface area contributed by atoms with Crippen molar-refractivity contribution in [1.29, 1.82) is 0 Å². The number of nitrogens with zero attached hydrogens (tertiary/aromatic N) is 1. The SMILES string of the molecule is C[C@]12CCCC[C@@H]1[C@H]2C(=O)N/N=C\c1ccccc1OCc1cccc(Cl)c1. The maximum atomic E-state index is 12.5. The number of nitrogens with one attached hydrogen (secondary N) is 1. The fourth-order valence-electron chi connectivity index (χ4n) is 4.59. The van der Waals surface area contributed by atoms with Crippen molar-refractivity contribution >= 4 is 23.7 Å². The van der Waals surface area contributed by atoms with E-state index >= 15 is 0 Å². The lowest BCUT2D eigenvalue weighted by Gasteiger charge is -2.15. The van der Waals surface area contributed by atoms with Crippen molar-refractivity contribution in [3.8, 4) is 5.75 Å². The molecule has 0 bridgehead atoms. The summed E-state index contributed by atoms with van der Waals surface area (Å²) in [6.45, 7) is 2.66. The van der Waals surface area contributed by atoms with Gasteiger partial charge in [-0.3, -0.25) is 4.79 Å². The zero-order valence-electron chi connectivity index (χ0n) is 16.0. The lowest BCUT2D eigenvalue weighted by atomic mass is 9.90. The van der Waals surface area contributed by atoms with E-state index in [1.54, 1.807) is 6.21 Å². The van der Waals surface area contributed by atoms with Crippen LogP contribution in [-0.2, 0) is 11.4 Å². The number of carbonyl (C=O) groups excluding carboxylic acids is 1. The molecule has 4 nitrogen and oxygen atoms in total. The quantitative estimate of drug-likeness (QED) is 0.539. The van der Waals surface area contributed by atoms with Crippen molar-refractivity contribution in [1.82, 2.24) is 5.43 Å². The number of halogens is 1. The van der Waals surface area contributed by atoms with E-state index < -0.39 is 0 Å². The molecule has 0 heterocycles. The second-order valence-corrected chi connectivity index (χ2v) is 8.46. The van der Waals surface area contributed by atoms with E-state index in [1.807, 2.05) is 48.5 Å². The highest BCUT2D eigenvalue weighted by atomic mass is 35.5. The van der Waals surface area contributed by atoms with Gasteiger partial charge in [0.25, 0.3) is 0 Å². The molecule has 0 aromatic heterocycles. The van der Waals surface area contributed by atoms with E-state index in [2.05, 4.69) is 17.5 Å². The van der Waals surface area contributed by atoms with E-state index in [0.717, 1.165) is 17.5 Å². The second kappa shape index (κ2) is 7.96. The Kier molecular flexibility index (Phi) is 5.40. The minimum Gasteiger partial charge on any atom is -0.488 e.